The van der Waals surface area contributed by atoms with Crippen LogP contribution in [-0.2, 0) is 5.54 Å². The van der Waals surface area contributed by atoms with Gasteiger partial charge in [-0.3, -0.25) is 4.98 Å². The van der Waals surface area contributed by atoms with E-state index in [0.29, 0.717) is 5.82 Å². The summed E-state index contributed by atoms with van der Waals surface area (Å²) in [6.07, 6.45) is 1.77. The molecule has 3 heterocycles. The Morgan fingerprint density at radius 1 is 1.10 bits per heavy atom. The van der Waals surface area contributed by atoms with Crippen LogP contribution in [0, 0.1) is 6.92 Å². The summed E-state index contributed by atoms with van der Waals surface area (Å²) in [5.41, 5.74) is 9.30. The van der Waals surface area contributed by atoms with Gasteiger partial charge in [0.1, 0.15) is 22.4 Å². The van der Waals surface area contributed by atoms with Gasteiger partial charge in [0.15, 0.2) is 5.82 Å². The van der Waals surface area contributed by atoms with Crippen LogP contribution in [-0.4, -0.2) is 19.5 Å². The number of anilines is 1. The van der Waals surface area contributed by atoms with Crippen molar-refractivity contribution >= 4 is 27.9 Å². The molecule has 2 N–H and O–H groups in total. The third-order valence-electron chi connectivity index (χ3n) is 3.21. The van der Waals surface area contributed by atoms with Gasteiger partial charge >= 0.3 is 0 Å². The van der Waals surface area contributed by atoms with E-state index >= 15 is 0 Å². The molecule has 0 radical (unpaired) electrons. The van der Waals surface area contributed by atoms with Crippen molar-refractivity contribution in [3.05, 3.63) is 24.2 Å². The van der Waals surface area contributed by atoms with Gasteiger partial charge in [-0.1, -0.05) is 13.8 Å². The second-order valence-corrected chi connectivity index (χ2v) is 5.73. The van der Waals surface area contributed by atoms with Crippen molar-refractivity contribution in [2.24, 2.45) is 0 Å². The molecule has 3 rings (SSSR count). The fourth-order valence-corrected chi connectivity index (χ4v) is 2.60. The number of nitrogen functional groups attached to an aromatic ring is 1. The molecule has 0 atom stereocenters. The average molecular weight is 285 g/mol. The fourth-order valence-electron chi connectivity index (χ4n) is 2.60. The first kappa shape index (κ1) is 15.2. The van der Waals surface area contributed by atoms with Crippen LogP contribution < -0.4 is 5.73 Å². The molecule has 0 unspecified atom stereocenters. The number of nitrogens with two attached hydrogens (primary N) is 1. The molecule has 0 saturated heterocycles. The Balaban J connectivity index is 0.000000774. The molecule has 0 aromatic carbocycles. The zero-order valence-electron chi connectivity index (χ0n) is 13.6. The molecule has 3 aromatic heterocycles. The molecule has 5 nitrogen and oxygen atoms in total. The van der Waals surface area contributed by atoms with Gasteiger partial charge in [0.25, 0.3) is 0 Å². The predicted octanol–water partition coefficient (Wildman–Crippen LogP) is 3.65. The zero-order chi connectivity index (χ0) is 15.8. The lowest BCUT2D eigenvalue weighted by Crippen LogP contribution is -2.23. The molecule has 0 saturated carbocycles. The van der Waals surface area contributed by atoms with Crippen molar-refractivity contribution in [2.75, 3.05) is 5.73 Å². The molecular weight excluding hydrogens is 262 g/mol. The maximum atomic E-state index is 6.03. The van der Waals surface area contributed by atoms with Crippen LogP contribution in [0.3, 0.4) is 0 Å². The highest BCUT2D eigenvalue weighted by molar-refractivity contribution is 6.04. The summed E-state index contributed by atoms with van der Waals surface area (Å²) in [5, 5.41) is 0. The third kappa shape index (κ3) is 2.44. The quantitative estimate of drug-likeness (QED) is 0.684. The van der Waals surface area contributed by atoms with Crippen LogP contribution >= 0.6 is 0 Å². The van der Waals surface area contributed by atoms with Crippen molar-refractivity contribution in [1.29, 1.82) is 0 Å². The van der Waals surface area contributed by atoms with Crippen LogP contribution in [0.4, 0.5) is 5.82 Å². The molecule has 0 bridgehead atoms. The standard InChI is InChI=1S/C14H17N5.C2H6/c1-8-17-11-12(19(8)14(2,3)4)10-9(18-13(11)15)6-5-7-16-10;1-2/h5-7H,1-4H3,(H2,15,18);1-2H3. The minimum absolute atomic E-state index is 0.0862. The molecule has 21 heavy (non-hydrogen) atoms. The Hall–Kier alpha value is -2.17. The van der Waals surface area contributed by atoms with E-state index in [4.69, 9.17) is 5.73 Å². The maximum Gasteiger partial charge on any atom is 0.152 e. The largest absolute Gasteiger partial charge is 0.382 e. The Kier molecular flexibility index (Phi) is 3.85. The summed E-state index contributed by atoms with van der Waals surface area (Å²) in [4.78, 5) is 13.4. The summed E-state index contributed by atoms with van der Waals surface area (Å²) in [5.74, 6) is 1.38. The summed E-state index contributed by atoms with van der Waals surface area (Å²) < 4.78 is 2.18. The van der Waals surface area contributed by atoms with Crippen LogP contribution in [0.15, 0.2) is 18.3 Å². The summed E-state index contributed by atoms with van der Waals surface area (Å²) in [6.45, 7) is 12.4. The molecule has 112 valence electrons. The van der Waals surface area contributed by atoms with Gasteiger partial charge in [0.05, 0.1) is 5.52 Å². The molecule has 5 heteroatoms. The highest BCUT2D eigenvalue weighted by atomic mass is 15.1. The highest BCUT2D eigenvalue weighted by Gasteiger charge is 2.23. The third-order valence-corrected chi connectivity index (χ3v) is 3.21. The summed E-state index contributed by atoms with van der Waals surface area (Å²) in [6, 6.07) is 3.79. The molecule has 0 fully saturated rings. The van der Waals surface area contributed by atoms with Crippen molar-refractivity contribution in [2.45, 2.75) is 47.1 Å². The smallest absolute Gasteiger partial charge is 0.152 e. The number of hydrogen-bond acceptors (Lipinski definition) is 4. The highest BCUT2D eigenvalue weighted by Crippen LogP contribution is 2.31. The van der Waals surface area contributed by atoms with E-state index in [9.17, 15) is 0 Å². The number of hydrogen-bond donors (Lipinski definition) is 1. The number of aromatic nitrogens is 4. The molecular formula is C16H23N5. The number of fused-ring (bicyclic) bond motifs is 3. The molecule has 3 aromatic rings. The molecule has 0 aliphatic heterocycles. The van der Waals surface area contributed by atoms with Gasteiger partial charge in [-0.25, -0.2) is 9.97 Å². The SMILES string of the molecule is CC.Cc1nc2c(N)nc3cccnc3c2n1C(C)(C)C. The van der Waals surface area contributed by atoms with Gasteiger partial charge < -0.3 is 10.3 Å². The number of rotatable bonds is 0. The Labute approximate surface area is 125 Å². The van der Waals surface area contributed by atoms with Crippen LogP contribution in [0.1, 0.15) is 40.4 Å². The van der Waals surface area contributed by atoms with E-state index in [1.165, 1.54) is 0 Å². The monoisotopic (exact) mass is 285 g/mol. The van der Waals surface area contributed by atoms with Crippen molar-refractivity contribution < 1.29 is 0 Å². The summed E-state index contributed by atoms with van der Waals surface area (Å²) in [7, 11) is 0. The van der Waals surface area contributed by atoms with Crippen molar-refractivity contribution in [3.8, 4) is 0 Å². The number of pyridine rings is 2. The molecule has 0 aliphatic rings. The predicted molar refractivity (Wildman–Crippen MR) is 88.3 cm³/mol. The van der Waals surface area contributed by atoms with Gasteiger partial charge in [0.2, 0.25) is 0 Å². The average Bonchev–Trinajstić information content (AvgIpc) is 2.79. The first-order valence-corrected chi connectivity index (χ1v) is 7.29. The van der Waals surface area contributed by atoms with Gasteiger partial charge in [-0.05, 0) is 39.8 Å². The van der Waals surface area contributed by atoms with E-state index in [1.807, 2.05) is 32.9 Å². The first-order valence-electron chi connectivity index (χ1n) is 7.29. The lowest BCUT2D eigenvalue weighted by Gasteiger charge is -2.24. The normalized spacial score (nSPS) is 11.5. The van der Waals surface area contributed by atoms with Crippen LogP contribution in [0.2, 0.25) is 0 Å². The zero-order valence-corrected chi connectivity index (χ0v) is 13.6. The van der Waals surface area contributed by atoms with Crippen LogP contribution in [0.25, 0.3) is 22.1 Å². The van der Waals surface area contributed by atoms with E-state index in [-0.39, 0.29) is 5.54 Å². The Bertz CT molecular complexity index is 781. The second-order valence-electron chi connectivity index (χ2n) is 5.73. The Morgan fingerprint density at radius 2 is 1.76 bits per heavy atom. The molecule has 0 amide bonds. The van der Waals surface area contributed by atoms with Gasteiger partial charge in [-0.15, -0.1) is 0 Å². The first-order chi connectivity index (χ1) is 9.89. The number of imidazole rings is 1. The van der Waals surface area contributed by atoms with Crippen molar-refractivity contribution in [3.63, 3.8) is 0 Å². The minimum atomic E-state index is -0.0862. The van der Waals surface area contributed by atoms with Gasteiger partial charge in [-0.2, -0.15) is 0 Å². The maximum absolute atomic E-state index is 6.03. The van der Waals surface area contributed by atoms with E-state index in [0.717, 1.165) is 27.9 Å². The lowest BCUT2D eigenvalue weighted by molar-refractivity contribution is 0.400. The lowest BCUT2D eigenvalue weighted by atomic mass is 10.1. The molecule has 0 aliphatic carbocycles. The number of nitrogens with zero attached hydrogens (tertiary/aromatic N) is 4. The molecule has 0 spiro atoms. The Morgan fingerprint density at radius 3 is 2.38 bits per heavy atom. The topological polar surface area (TPSA) is 69.6 Å². The van der Waals surface area contributed by atoms with E-state index < -0.39 is 0 Å². The fraction of sp³-hybridized carbons (Fsp3) is 0.438. The van der Waals surface area contributed by atoms with E-state index in [1.54, 1.807) is 6.20 Å². The van der Waals surface area contributed by atoms with Crippen LogP contribution in [0.5, 0.6) is 0 Å². The minimum Gasteiger partial charge on any atom is -0.382 e. The van der Waals surface area contributed by atoms with Crippen molar-refractivity contribution in [1.82, 2.24) is 19.5 Å². The second kappa shape index (κ2) is 5.31. The van der Waals surface area contributed by atoms with Gasteiger partial charge in [0, 0.05) is 11.7 Å². The number of aryl methyl sites for hydroxylation is 1. The summed E-state index contributed by atoms with van der Waals surface area (Å²) >= 11 is 0. The van der Waals surface area contributed by atoms with E-state index in [2.05, 4.69) is 40.3 Å².